The number of ether oxygens (including phenoxy) is 2. The minimum atomic E-state index is 0. The van der Waals surface area contributed by atoms with Crippen molar-refractivity contribution in [2.24, 2.45) is 4.99 Å². The summed E-state index contributed by atoms with van der Waals surface area (Å²) < 4.78 is 17.1. The second-order valence-electron chi connectivity index (χ2n) is 7.06. The van der Waals surface area contributed by atoms with E-state index in [0.717, 1.165) is 29.1 Å². The van der Waals surface area contributed by atoms with Crippen molar-refractivity contribution >= 4 is 29.9 Å². The highest BCUT2D eigenvalue weighted by molar-refractivity contribution is 14.0. The number of oxazole rings is 1. The Bertz CT molecular complexity index is 986. The van der Waals surface area contributed by atoms with Crippen molar-refractivity contribution in [1.29, 1.82) is 0 Å². The van der Waals surface area contributed by atoms with Gasteiger partial charge >= 0.3 is 0 Å². The Morgan fingerprint density at radius 3 is 2.47 bits per heavy atom. The summed E-state index contributed by atoms with van der Waals surface area (Å²) in [7, 11) is 1.64. The van der Waals surface area contributed by atoms with Crippen LogP contribution in [0.2, 0.25) is 0 Å². The third-order valence-corrected chi connectivity index (χ3v) is 4.71. The van der Waals surface area contributed by atoms with Gasteiger partial charge in [-0.3, -0.25) is 0 Å². The summed E-state index contributed by atoms with van der Waals surface area (Å²) in [5, 5.41) is 6.49. The van der Waals surface area contributed by atoms with Gasteiger partial charge in [-0.15, -0.1) is 24.0 Å². The number of halogens is 1. The van der Waals surface area contributed by atoms with Crippen LogP contribution in [0.3, 0.4) is 0 Å². The first-order valence-corrected chi connectivity index (χ1v) is 10.4. The van der Waals surface area contributed by atoms with Crippen LogP contribution in [0.25, 0.3) is 0 Å². The molecule has 0 bridgehead atoms. The second-order valence-corrected chi connectivity index (χ2v) is 7.06. The fraction of sp³-hybridized carbons (Fsp3) is 0.333. The van der Waals surface area contributed by atoms with Crippen molar-refractivity contribution in [2.45, 2.75) is 40.5 Å². The highest BCUT2D eigenvalue weighted by Gasteiger charge is 2.08. The molecular weight excluding hydrogens is 519 g/mol. The summed E-state index contributed by atoms with van der Waals surface area (Å²) in [5.74, 6) is 3.56. The van der Waals surface area contributed by atoms with E-state index in [0.29, 0.717) is 43.0 Å². The maximum Gasteiger partial charge on any atom is 0.214 e. The summed E-state index contributed by atoms with van der Waals surface area (Å²) in [6.45, 7) is 8.07. The van der Waals surface area contributed by atoms with E-state index in [9.17, 15) is 0 Å². The zero-order valence-corrected chi connectivity index (χ0v) is 21.3. The monoisotopic (exact) mass is 550 g/mol. The van der Waals surface area contributed by atoms with E-state index in [2.05, 4.69) is 20.6 Å². The van der Waals surface area contributed by atoms with Crippen molar-refractivity contribution in [3.05, 3.63) is 77.0 Å². The van der Waals surface area contributed by atoms with E-state index >= 15 is 0 Å². The number of nitrogens with one attached hydrogen (secondary N) is 2. The Hall–Kier alpha value is -2.75. The number of aryl methyl sites for hydroxylation is 2. The number of hydrogen-bond acceptors (Lipinski definition) is 5. The van der Waals surface area contributed by atoms with Crippen LogP contribution < -0.4 is 20.1 Å². The van der Waals surface area contributed by atoms with Crippen LogP contribution in [0, 0.1) is 13.8 Å². The molecule has 0 aliphatic heterocycles. The van der Waals surface area contributed by atoms with Crippen LogP contribution in [0.4, 0.5) is 0 Å². The molecule has 0 fully saturated rings. The van der Waals surface area contributed by atoms with Crippen molar-refractivity contribution in [2.75, 3.05) is 13.7 Å². The third-order valence-electron chi connectivity index (χ3n) is 4.71. The van der Waals surface area contributed by atoms with Gasteiger partial charge in [-0.05, 0) is 44.0 Å². The average Bonchev–Trinajstić information content (AvgIpc) is 3.12. The smallest absolute Gasteiger partial charge is 0.214 e. The summed E-state index contributed by atoms with van der Waals surface area (Å²) in [6, 6.07) is 15.9. The van der Waals surface area contributed by atoms with Gasteiger partial charge in [0.2, 0.25) is 5.89 Å². The molecule has 0 unspecified atom stereocenters. The molecule has 0 spiro atoms. The zero-order valence-electron chi connectivity index (χ0n) is 19.0. The number of aromatic nitrogens is 1. The van der Waals surface area contributed by atoms with E-state index in [1.165, 1.54) is 0 Å². The number of methoxy groups -OCH3 is 1. The number of nitrogens with zero attached hydrogens (tertiary/aromatic N) is 2. The summed E-state index contributed by atoms with van der Waals surface area (Å²) in [4.78, 5) is 9.05. The molecule has 2 N–H and O–H groups in total. The number of hydrogen-bond donors (Lipinski definition) is 2. The highest BCUT2D eigenvalue weighted by Crippen LogP contribution is 2.29. The topological polar surface area (TPSA) is 80.9 Å². The number of rotatable bonds is 9. The Morgan fingerprint density at radius 1 is 1.03 bits per heavy atom. The fourth-order valence-electron chi connectivity index (χ4n) is 2.95. The number of benzene rings is 2. The Kier molecular flexibility index (Phi) is 10.3. The van der Waals surface area contributed by atoms with Crippen molar-refractivity contribution in [3.8, 4) is 11.5 Å². The average molecular weight is 550 g/mol. The molecule has 7 nitrogen and oxygen atoms in total. The third kappa shape index (κ3) is 7.44. The quantitative estimate of drug-likeness (QED) is 0.228. The van der Waals surface area contributed by atoms with Crippen LogP contribution in [0.1, 0.15) is 35.4 Å². The second kappa shape index (κ2) is 12.9. The van der Waals surface area contributed by atoms with Gasteiger partial charge in [-0.25, -0.2) is 9.98 Å². The highest BCUT2D eigenvalue weighted by atomic mass is 127. The molecule has 0 amide bonds. The van der Waals surface area contributed by atoms with E-state index < -0.39 is 0 Å². The van der Waals surface area contributed by atoms with Crippen molar-refractivity contribution in [1.82, 2.24) is 15.6 Å². The lowest BCUT2D eigenvalue weighted by Crippen LogP contribution is -2.36. The molecule has 2 aromatic carbocycles. The normalized spacial score (nSPS) is 10.9. The molecular formula is C24H31IN4O3. The molecule has 0 saturated carbocycles. The predicted octanol–water partition coefficient (Wildman–Crippen LogP) is 4.75. The van der Waals surface area contributed by atoms with Gasteiger partial charge in [0.25, 0.3) is 0 Å². The predicted molar refractivity (Wildman–Crippen MR) is 137 cm³/mol. The number of guanidine groups is 1. The van der Waals surface area contributed by atoms with Gasteiger partial charge in [0.15, 0.2) is 17.5 Å². The molecule has 172 valence electrons. The zero-order chi connectivity index (χ0) is 22.1. The SMILES string of the molecule is CCNC(=NCc1ccc(OCc2ccccc2)c(OC)c1)NCc1nc(C)c(C)o1.I. The van der Waals surface area contributed by atoms with Gasteiger partial charge in [-0.1, -0.05) is 36.4 Å². The molecule has 3 aromatic rings. The van der Waals surface area contributed by atoms with Crippen molar-refractivity contribution in [3.63, 3.8) is 0 Å². The van der Waals surface area contributed by atoms with Crippen LogP contribution in [-0.2, 0) is 19.7 Å². The van der Waals surface area contributed by atoms with Crippen LogP contribution in [0.15, 0.2) is 57.9 Å². The molecule has 32 heavy (non-hydrogen) atoms. The van der Waals surface area contributed by atoms with E-state index in [1.54, 1.807) is 7.11 Å². The lowest BCUT2D eigenvalue weighted by Gasteiger charge is -2.13. The maximum absolute atomic E-state index is 5.93. The minimum absolute atomic E-state index is 0. The molecule has 0 saturated heterocycles. The minimum Gasteiger partial charge on any atom is -0.493 e. The Balaban J connectivity index is 0.00000363. The Morgan fingerprint density at radius 2 is 1.81 bits per heavy atom. The summed E-state index contributed by atoms with van der Waals surface area (Å²) >= 11 is 0. The van der Waals surface area contributed by atoms with Gasteiger partial charge in [0.05, 0.1) is 25.9 Å². The first-order valence-electron chi connectivity index (χ1n) is 10.4. The van der Waals surface area contributed by atoms with E-state index in [1.807, 2.05) is 69.3 Å². The van der Waals surface area contributed by atoms with Crippen LogP contribution in [-0.4, -0.2) is 24.6 Å². The van der Waals surface area contributed by atoms with Gasteiger partial charge in [0.1, 0.15) is 12.4 Å². The number of aliphatic imine (C=N–C) groups is 1. The summed E-state index contributed by atoms with van der Waals surface area (Å²) in [6.07, 6.45) is 0. The molecule has 1 aromatic heterocycles. The van der Waals surface area contributed by atoms with Gasteiger partial charge < -0.3 is 24.5 Å². The molecule has 1 heterocycles. The molecule has 3 rings (SSSR count). The molecule has 0 aliphatic carbocycles. The fourth-order valence-corrected chi connectivity index (χ4v) is 2.95. The molecule has 0 aliphatic rings. The van der Waals surface area contributed by atoms with Crippen LogP contribution in [0.5, 0.6) is 11.5 Å². The molecule has 0 atom stereocenters. The van der Waals surface area contributed by atoms with Crippen molar-refractivity contribution < 1.29 is 13.9 Å². The lowest BCUT2D eigenvalue weighted by atomic mass is 10.2. The van der Waals surface area contributed by atoms with Gasteiger partial charge in [0, 0.05) is 6.54 Å². The summed E-state index contributed by atoms with van der Waals surface area (Å²) in [5.41, 5.74) is 3.03. The van der Waals surface area contributed by atoms with Crippen LogP contribution >= 0.6 is 24.0 Å². The standard InChI is InChI=1S/C24H30N4O3.HI/c1-5-25-24(27-15-23-28-17(2)18(3)31-23)26-14-20-11-12-21(22(13-20)29-4)30-16-19-9-7-6-8-10-19;/h6-13H,5,14-16H2,1-4H3,(H2,25,26,27);1H. The molecule has 0 radical (unpaired) electrons. The molecule has 8 heteroatoms. The maximum atomic E-state index is 5.93. The van der Waals surface area contributed by atoms with E-state index in [-0.39, 0.29) is 24.0 Å². The first-order chi connectivity index (χ1) is 15.1. The lowest BCUT2D eigenvalue weighted by molar-refractivity contribution is 0.284. The van der Waals surface area contributed by atoms with E-state index in [4.69, 9.17) is 13.9 Å². The Labute approximate surface area is 206 Å². The largest absolute Gasteiger partial charge is 0.493 e. The van der Waals surface area contributed by atoms with Gasteiger partial charge in [-0.2, -0.15) is 0 Å². The first kappa shape index (κ1) is 25.5.